The van der Waals surface area contributed by atoms with Crippen LogP contribution in [0.25, 0.3) is 11.2 Å². The van der Waals surface area contributed by atoms with Gasteiger partial charge < -0.3 is 20.1 Å². The van der Waals surface area contributed by atoms with Crippen LogP contribution in [0.5, 0.6) is 0 Å². The molecule has 1 aliphatic rings. The number of ketones is 2. The lowest BCUT2D eigenvalue weighted by atomic mass is 9.75. The first kappa shape index (κ1) is 20.7. The van der Waals surface area contributed by atoms with Crippen LogP contribution in [0.1, 0.15) is 27.0 Å². The summed E-state index contributed by atoms with van der Waals surface area (Å²) in [5.74, 6) is -2.79. The minimum Gasteiger partial charge on any atom is -0.394 e. The molecule has 13 nitrogen and oxygen atoms in total. The normalized spacial score (nSPS) is 29.2. The predicted octanol–water partition coefficient (Wildman–Crippen LogP) is -2.39. The van der Waals surface area contributed by atoms with Gasteiger partial charge in [0.05, 0.1) is 12.9 Å². The average molecular weight is 409 g/mol. The van der Waals surface area contributed by atoms with Crippen molar-refractivity contribution in [3.05, 3.63) is 16.7 Å². The Morgan fingerprint density at radius 3 is 2.38 bits per heavy atom. The van der Waals surface area contributed by atoms with Crippen LogP contribution in [-0.2, 0) is 19.1 Å². The number of nitrogens with zero attached hydrogens (tertiary/aromatic N) is 3. The number of carbonyl (C=O) groups excluding carboxylic acids is 3. The molecule has 0 unspecified atom stereocenters. The number of aliphatic hydroxyl groups is 3. The monoisotopic (exact) mass is 409 g/mol. The lowest BCUT2D eigenvalue weighted by Crippen LogP contribution is -2.66. The fourth-order valence-electron chi connectivity index (χ4n) is 3.49. The zero-order valence-corrected chi connectivity index (χ0v) is 15.7. The summed E-state index contributed by atoms with van der Waals surface area (Å²) in [4.78, 5) is 58.2. The van der Waals surface area contributed by atoms with Crippen LogP contribution in [0.3, 0.4) is 0 Å². The van der Waals surface area contributed by atoms with Gasteiger partial charge in [-0.05, 0) is 13.8 Å². The first-order valence-electron chi connectivity index (χ1n) is 8.46. The number of Topliss-reactive ketones (excluding diaryl/α,β-unsaturated/α-hetero) is 2. The van der Waals surface area contributed by atoms with Gasteiger partial charge in [0.2, 0.25) is 17.5 Å². The van der Waals surface area contributed by atoms with Gasteiger partial charge in [0, 0.05) is 6.92 Å². The number of hydrogen-bond donors (Lipinski definition) is 5. The van der Waals surface area contributed by atoms with E-state index in [-0.39, 0.29) is 17.1 Å². The minimum absolute atomic E-state index is 0.202. The van der Waals surface area contributed by atoms with Gasteiger partial charge in [0.15, 0.2) is 34.6 Å². The van der Waals surface area contributed by atoms with Crippen molar-refractivity contribution >= 4 is 34.6 Å². The summed E-state index contributed by atoms with van der Waals surface area (Å²) >= 11 is 0. The largest absolute Gasteiger partial charge is 0.394 e. The molecule has 1 saturated heterocycles. The maximum atomic E-state index is 12.4. The molecule has 0 radical (unpaired) electrons. The van der Waals surface area contributed by atoms with Crippen molar-refractivity contribution in [1.29, 1.82) is 0 Å². The van der Waals surface area contributed by atoms with E-state index in [4.69, 9.17) is 4.74 Å². The minimum atomic E-state index is -2.82. The molecular formula is C16H19N5O8. The second kappa shape index (κ2) is 6.81. The van der Waals surface area contributed by atoms with Gasteiger partial charge in [0.1, 0.15) is 6.10 Å². The number of carbonyl (C=O) groups is 3. The van der Waals surface area contributed by atoms with Gasteiger partial charge in [0.25, 0.3) is 5.56 Å². The molecular weight excluding hydrogens is 390 g/mol. The molecule has 29 heavy (non-hydrogen) atoms. The number of rotatable bonds is 5. The molecule has 3 rings (SSSR count). The molecule has 0 saturated carbocycles. The van der Waals surface area contributed by atoms with E-state index in [2.05, 4.69) is 20.3 Å². The van der Waals surface area contributed by atoms with Gasteiger partial charge in [-0.2, -0.15) is 4.98 Å². The summed E-state index contributed by atoms with van der Waals surface area (Å²) < 4.78 is 6.44. The Bertz CT molecular complexity index is 1080. The third-order valence-electron chi connectivity index (χ3n) is 4.92. The first-order chi connectivity index (χ1) is 13.5. The van der Waals surface area contributed by atoms with Crippen molar-refractivity contribution in [3.8, 4) is 0 Å². The highest BCUT2D eigenvalue weighted by molar-refractivity contribution is 5.99. The lowest BCUT2D eigenvalue weighted by Gasteiger charge is -2.36. The molecule has 5 N–H and O–H groups in total. The Hall–Kier alpha value is -3.00. The van der Waals surface area contributed by atoms with Crippen molar-refractivity contribution in [1.82, 2.24) is 19.5 Å². The van der Waals surface area contributed by atoms with Crippen LogP contribution < -0.4 is 10.9 Å². The fraction of sp³-hybridized carbons (Fsp3) is 0.500. The summed E-state index contributed by atoms with van der Waals surface area (Å²) in [7, 11) is 0. The lowest BCUT2D eigenvalue weighted by molar-refractivity contribution is -0.181. The quantitative estimate of drug-likeness (QED) is 0.355. The Kier molecular flexibility index (Phi) is 4.86. The highest BCUT2D eigenvalue weighted by atomic mass is 16.6. The molecule has 0 aromatic carbocycles. The van der Waals surface area contributed by atoms with Crippen molar-refractivity contribution in [2.24, 2.45) is 0 Å². The van der Waals surface area contributed by atoms with E-state index in [9.17, 15) is 34.5 Å². The van der Waals surface area contributed by atoms with E-state index in [0.717, 1.165) is 24.7 Å². The van der Waals surface area contributed by atoms with E-state index >= 15 is 0 Å². The van der Waals surface area contributed by atoms with Crippen LogP contribution in [0.15, 0.2) is 11.1 Å². The number of ether oxygens (including phenoxy) is 1. The molecule has 3 heterocycles. The van der Waals surface area contributed by atoms with Gasteiger partial charge in [-0.1, -0.05) is 0 Å². The molecule has 4 atom stereocenters. The Morgan fingerprint density at radius 2 is 1.86 bits per heavy atom. The zero-order chi connectivity index (χ0) is 21.7. The van der Waals surface area contributed by atoms with E-state index in [1.807, 2.05) is 0 Å². The molecule has 13 heteroatoms. The van der Waals surface area contributed by atoms with E-state index < -0.39 is 53.2 Å². The van der Waals surface area contributed by atoms with Crippen LogP contribution in [0.4, 0.5) is 5.95 Å². The highest BCUT2D eigenvalue weighted by Gasteiger charge is 2.71. The van der Waals surface area contributed by atoms with E-state index in [1.165, 1.54) is 6.92 Å². The van der Waals surface area contributed by atoms with Crippen LogP contribution in [0, 0.1) is 0 Å². The number of aromatic amines is 1. The molecule has 1 amide bonds. The molecule has 156 valence electrons. The maximum absolute atomic E-state index is 12.4. The van der Waals surface area contributed by atoms with Gasteiger partial charge in [-0.15, -0.1) is 0 Å². The standard InChI is InChI=1S/C16H19N5O8/c1-6(23)15(27)9(4-22)29-13(16(15,28)7(2)24)21-5-17-10-11(21)19-14(18-8(3)25)20-12(10)26/h5,9,13,22,27-28H,4H2,1-3H3,(H2,18,19,20,25,26)/t9-,13-,15-,16+/m1/s1. The molecule has 0 aliphatic carbocycles. The maximum Gasteiger partial charge on any atom is 0.280 e. The topological polar surface area (TPSA) is 197 Å². The van der Waals surface area contributed by atoms with Crippen molar-refractivity contribution in [2.45, 2.75) is 44.3 Å². The van der Waals surface area contributed by atoms with Crippen molar-refractivity contribution < 1.29 is 34.4 Å². The molecule has 2 aromatic heterocycles. The summed E-state index contributed by atoms with van der Waals surface area (Å²) in [6.45, 7) is 2.17. The summed E-state index contributed by atoms with van der Waals surface area (Å²) in [6, 6.07) is 0. The average Bonchev–Trinajstić information content (AvgIpc) is 3.13. The first-order valence-corrected chi connectivity index (χ1v) is 8.46. The van der Waals surface area contributed by atoms with Crippen molar-refractivity contribution in [3.63, 3.8) is 0 Å². The predicted molar refractivity (Wildman–Crippen MR) is 94.7 cm³/mol. The molecule has 1 aliphatic heterocycles. The van der Waals surface area contributed by atoms with Gasteiger partial charge in [-0.25, -0.2) is 4.98 Å². The molecule has 2 aromatic rings. The van der Waals surface area contributed by atoms with Gasteiger partial charge in [-0.3, -0.25) is 34.0 Å². The fourth-order valence-corrected chi connectivity index (χ4v) is 3.49. The number of H-pyrrole nitrogens is 1. The number of imidazole rings is 1. The van der Waals surface area contributed by atoms with Crippen LogP contribution >= 0.6 is 0 Å². The van der Waals surface area contributed by atoms with Gasteiger partial charge >= 0.3 is 0 Å². The number of nitrogens with one attached hydrogen (secondary N) is 2. The number of hydrogen-bond acceptors (Lipinski definition) is 10. The SMILES string of the molecule is CC(=O)Nc1nc2c(ncn2[C@@H]2O[C@H](CO)[C@](O)(C(C)=O)[C@]2(O)C(C)=O)c(=O)[nH]1. The number of aromatic nitrogens is 4. The van der Waals surface area contributed by atoms with Crippen LogP contribution in [-0.4, -0.2) is 76.2 Å². The van der Waals surface area contributed by atoms with E-state index in [0.29, 0.717) is 0 Å². The molecule has 0 spiro atoms. The second-order valence-corrected chi connectivity index (χ2v) is 6.72. The Balaban J connectivity index is 2.26. The Labute approximate surface area is 162 Å². The number of amides is 1. The number of aliphatic hydroxyl groups excluding tert-OH is 1. The molecule has 1 fully saturated rings. The van der Waals surface area contributed by atoms with E-state index in [1.54, 1.807) is 0 Å². The zero-order valence-electron chi connectivity index (χ0n) is 15.7. The summed E-state index contributed by atoms with van der Waals surface area (Å²) in [6.07, 6.45) is -2.38. The Morgan fingerprint density at radius 1 is 1.24 bits per heavy atom. The number of fused-ring (bicyclic) bond motifs is 1. The second-order valence-electron chi connectivity index (χ2n) is 6.72. The smallest absolute Gasteiger partial charge is 0.280 e. The van der Waals surface area contributed by atoms with Crippen molar-refractivity contribution in [2.75, 3.05) is 11.9 Å². The highest BCUT2D eigenvalue weighted by Crippen LogP contribution is 2.47. The number of anilines is 1. The summed E-state index contributed by atoms with van der Waals surface area (Å²) in [5, 5.41) is 33.9. The molecule has 0 bridgehead atoms. The summed E-state index contributed by atoms with van der Waals surface area (Å²) in [5.41, 5.74) is -6.74. The third kappa shape index (κ3) is 2.78. The van der Waals surface area contributed by atoms with Crippen LogP contribution in [0.2, 0.25) is 0 Å². The third-order valence-corrected chi connectivity index (χ3v) is 4.92.